The summed E-state index contributed by atoms with van der Waals surface area (Å²) < 4.78 is 13.3. The number of rotatable bonds is 3. The van der Waals surface area contributed by atoms with Crippen molar-refractivity contribution < 1.29 is 4.39 Å². The number of aromatic amines is 1. The molecule has 0 bridgehead atoms. The van der Waals surface area contributed by atoms with E-state index in [-0.39, 0.29) is 5.82 Å². The Morgan fingerprint density at radius 3 is 2.52 bits per heavy atom. The largest absolute Gasteiger partial charge is 0.367 e. The zero-order chi connectivity index (χ0) is 18.2. The number of hydrogen-bond donors (Lipinski definition) is 2. The highest BCUT2D eigenvalue weighted by atomic mass is 19.1. The molecule has 1 saturated carbocycles. The van der Waals surface area contributed by atoms with Gasteiger partial charge in [-0.25, -0.2) is 14.4 Å². The summed E-state index contributed by atoms with van der Waals surface area (Å²) in [7, 11) is 0. The first kappa shape index (κ1) is 16.2. The minimum atomic E-state index is -0.223. The molecule has 2 aromatic carbocycles. The molecular weight excluding hydrogens is 339 g/mol. The van der Waals surface area contributed by atoms with E-state index in [1.807, 2.05) is 18.2 Å². The normalized spacial score (nSPS) is 15.4. The number of halogens is 1. The zero-order valence-electron chi connectivity index (χ0n) is 15.0. The molecule has 1 aliphatic rings. The molecule has 0 spiro atoms. The first-order valence-corrected chi connectivity index (χ1v) is 9.57. The van der Waals surface area contributed by atoms with Crippen LogP contribution in [-0.2, 0) is 0 Å². The third-order valence-corrected chi connectivity index (χ3v) is 5.51. The van der Waals surface area contributed by atoms with Gasteiger partial charge in [0.25, 0.3) is 0 Å². The summed E-state index contributed by atoms with van der Waals surface area (Å²) in [5.41, 5.74) is 3.92. The summed E-state index contributed by atoms with van der Waals surface area (Å²) in [4.78, 5) is 12.4. The molecule has 0 saturated heterocycles. The highest BCUT2D eigenvalue weighted by Gasteiger charge is 2.17. The monoisotopic (exact) mass is 360 g/mol. The van der Waals surface area contributed by atoms with Crippen molar-refractivity contribution in [2.24, 2.45) is 0 Å². The maximum atomic E-state index is 13.3. The van der Waals surface area contributed by atoms with E-state index in [4.69, 9.17) is 0 Å². The second kappa shape index (κ2) is 6.65. The molecule has 27 heavy (non-hydrogen) atoms. The first-order valence-electron chi connectivity index (χ1n) is 9.57. The molecule has 0 unspecified atom stereocenters. The number of nitrogens with zero attached hydrogens (tertiary/aromatic N) is 2. The van der Waals surface area contributed by atoms with Crippen LogP contribution in [0.1, 0.15) is 32.1 Å². The lowest BCUT2D eigenvalue weighted by atomic mass is 9.95. The fourth-order valence-electron chi connectivity index (χ4n) is 4.09. The number of aromatic nitrogens is 3. The van der Waals surface area contributed by atoms with E-state index >= 15 is 0 Å². The Kier molecular flexibility index (Phi) is 4.00. The van der Waals surface area contributed by atoms with Crippen LogP contribution in [0, 0.1) is 5.82 Å². The average molecular weight is 360 g/mol. The van der Waals surface area contributed by atoms with Crippen molar-refractivity contribution in [2.75, 3.05) is 5.32 Å². The fourth-order valence-corrected chi connectivity index (χ4v) is 4.09. The van der Waals surface area contributed by atoms with E-state index in [9.17, 15) is 4.39 Å². The van der Waals surface area contributed by atoms with Gasteiger partial charge in [-0.15, -0.1) is 0 Å². The van der Waals surface area contributed by atoms with Crippen molar-refractivity contribution in [3.8, 4) is 11.1 Å². The maximum Gasteiger partial charge on any atom is 0.143 e. The van der Waals surface area contributed by atoms with Crippen LogP contribution in [0.5, 0.6) is 0 Å². The Morgan fingerprint density at radius 2 is 1.70 bits per heavy atom. The van der Waals surface area contributed by atoms with Crippen LogP contribution < -0.4 is 5.32 Å². The van der Waals surface area contributed by atoms with Crippen LogP contribution in [0.15, 0.2) is 48.8 Å². The van der Waals surface area contributed by atoms with Gasteiger partial charge in [0.05, 0.1) is 5.39 Å². The van der Waals surface area contributed by atoms with Crippen molar-refractivity contribution in [3.05, 3.63) is 54.6 Å². The topological polar surface area (TPSA) is 53.6 Å². The number of anilines is 1. The molecule has 4 aromatic rings. The SMILES string of the molecule is Fc1ccc(-c2ccc3[nH]c4ncnc(NC5CCCCC5)c4c3c2)cc1. The third kappa shape index (κ3) is 3.03. The van der Waals surface area contributed by atoms with Gasteiger partial charge in [0, 0.05) is 16.9 Å². The van der Waals surface area contributed by atoms with Crippen molar-refractivity contribution in [1.29, 1.82) is 0 Å². The van der Waals surface area contributed by atoms with Crippen molar-refractivity contribution in [2.45, 2.75) is 38.1 Å². The molecule has 2 heterocycles. The van der Waals surface area contributed by atoms with E-state index in [0.717, 1.165) is 38.9 Å². The highest BCUT2D eigenvalue weighted by molar-refractivity contribution is 6.12. The molecule has 136 valence electrons. The van der Waals surface area contributed by atoms with E-state index < -0.39 is 0 Å². The van der Waals surface area contributed by atoms with Crippen LogP contribution >= 0.6 is 0 Å². The van der Waals surface area contributed by atoms with Crippen LogP contribution in [-0.4, -0.2) is 21.0 Å². The highest BCUT2D eigenvalue weighted by Crippen LogP contribution is 2.33. The Morgan fingerprint density at radius 1 is 0.926 bits per heavy atom. The number of benzene rings is 2. The standard InChI is InChI=1S/C22H21FN4/c23-16-9-6-14(7-10-16)15-8-11-19-18(12-15)20-21(24-13-25-22(20)27-19)26-17-4-2-1-3-5-17/h6-13,17H,1-5H2,(H2,24,25,26,27). The molecule has 1 fully saturated rings. The van der Waals surface area contributed by atoms with Gasteiger partial charge in [-0.05, 0) is 48.2 Å². The van der Waals surface area contributed by atoms with E-state index in [0.29, 0.717) is 6.04 Å². The predicted molar refractivity (Wildman–Crippen MR) is 107 cm³/mol. The van der Waals surface area contributed by atoms with Crippen LogP contribution in [0.4, 0.5) is 10.2 Å². The number of H-pyrrole nitrogens is 1. The molecule has 5 heteroatoms. The number of nitrogens with one attached hydrogen (secondary N) is 2. The van der Waals surface area contributed by atoms with Crippen LogP contribution in [0.3, 0.4) is 0 Å². The third-order valence-electron chi connectivity index (χ3n) is 5.51. The maximum absolute atomic E-state index is 13.3. The second-order valence-electron chi connectivity index (χ2n) is 7.32. The Hall–Kier alpha value is -2.95. The fraction of sp³-hybridized carbons (Fsp3) is 0.273. The molecule has 0 amide bonds. The molecule has 0 radical (unpaired) electrons. The van der Waals surface area contributed by atoms with Gasteiger partial charge < -0.3 is 10.3 Å². The molecule has 2 aromatic heterocycles. The van der Waals surface area contributed by atoms with Gasteiger partial charge in [0.2, 0.25) is 0 Å². The van der Waals surface area contributed by atoms with E-state index in [1.54, 1.807) is 6.33 Å². The number of fused-ring (bicyclic) bond motifs is 3. The van der Waals surface area contributed by atoms with Gasteiger partial charge in [-0.2, -0.15) is 0 Å². The van der Waals surface area contributed by atoms with Crippen LogP contribution in [0.2, 0.25) is 0 Å². The summed E-state index contributed by atoms with van der Waals surface area (Å²) in [5, 5.41) is 5.77. The van der Waals surface area contributed by atoms with Crippen LogP contribution in [0.25, 0.3) is 33.1 Å². The summed E-state index contributed by atoms with van der Waals surface area (Å²) in [6.07, 6.45) is 7.86. The second-order valence-corrected chi connectivity index (χ2v) is 7.32. The van der Waals surface area contributed by atoms with Crippen molar-refractivity contribution >= 4 is 27.8 Å². The lowest BCUT2D eigenvalue weighted by molar-refractivity contribution is 0.462. The molecule has 4 nitrogen and oxygen atoms in total. The number of hydrogen-bond acceptors (Lipinski definition) is 3. The zero-order valence-corrected chi connectivity index (χ0v) is 15.0. The molecule has 1 aliphatic carbocycles. The summed E-state index contributed by atoms with van der Waals surface area (Å²) in [5.74, 6) is 0.675. The minimum Gasteiger partial charge on any atom is -0.367 e. The summed E-state index contributed by atoms with van der Waals surface area (Å²) >= 11 is 0. The summed E-state index contributed by atoms with van der Waals surface area (Å²) in [6, 6.07) is 13.3. The van der Waals surface area contributed by atoms with Gasteiger partial charge in [-0.1, -0.05) is 37.5 Å². The predicted octanol–water partition coefficient (Wildman–Crippen LogP) is 5.66. The van der Waals surface area contributed by atoms with Crippen molar-refractivity contribution in [1.82, 2.24) is 15.0 Å². The molecule has 5 rings (SSSR count). The van der Waals surface area contributed by atoms with Gasteiger partial charge in [0.15, 0.2) is 0 Å². The Bertz CT molecular complexity index is 1090. The molecule has 0 aliphatic heterocycles. The molecule has 0 atom stereocenters. The molecular formula is C22H21FN4. The van der Waals surface area contributed by atoms with Gasteiger partial charge in [0.1, 0.15) is 23.6 Å². The molecule has 2 N–H and O–H groups in total. The van der Waals surface area contributed by atoms with Crippen molar-refractivity contribution in [3.63, 3.8) is 0 Å². The minimum absolute atomic E-state index is 0.223. The van der Waals surface area contributed by atoms with E-state index in [1.165, 1.54) is 44.2 Å². The smallest absolute Gasteiger partial charge is 0.143 e. The quantitative estimate of drug-likeness (QED) is 0.495. The lowest BCUT2D eigenvalue weighted by Gasteiger charge is -2.23. The first-order chi connectivity index (χ1) is 13.3. The lowest BCUT2D eigenvalue weighted by Crippen LogP contribution is -2.22. The average Bonchev–Trinajstić information content (AvgIpc) is 3.08. The Balaban J connectivity index is 1.62. The van der Waals surface area contributed by atoms with Gasteiger partial charge in [-0.3, -0.25) is 0 Å². The Labute approximate surface area is 156 Å². The summed E-state index contributed by atoms with van der Waals surface area (Å²) in [6.45, 7) is 0. The van der Waals surface area contributed by atoms with Gasteiger partial charge >= 0.3 is 0 Å². The van der Waals surface area contributed by atoms with E-state index in [2.05, 4.69) is 32.4 Å².